The minimum Gasteiger partial charge on any atom is -0.394 e. The fraction of sp³-hybridized carbons (Fsp3) is 0.600. The number of hydrogen-bond acceptors (Lipinski definition) is 5. The van der Waals surface area contributed by atoms with E-state index in [0.29, 0.717) is 25.4 Å². The van der Waals surface area contributed by atoms with Crippen molar-refractivity contribution in [2.24, 2.45) is 12.8 Å². The monoisotopic (exact) mass is 239 g/mol. The molecule has 0 radical (unpaired) electrons. The van der Waals surface area contributed by atoms with Crippen molar-refractivity contribution >= 4 is 17.4 Å². The van der Waals surface area contributed by atoms with Crippen molar-refractivity contribution < 1.29 is 9.53 Å². The van der Waals surface area contributed by atoms with Crippen molar-refractivity contribution in [1.29, 1.82) is 0 Å². The highest BCUT2D eigenvalue weighted by atomic mass is 16.5. The normalized spacial score (nSPS) is 20.6. The van der Waals surface area contributed by atoms with Gasteiger partial charge in [0.2, 0.25) is 5.91 Å². The van der Waals surface area contributed by atoms with Gasteiger partial charge in [0.25, 0.3) is 0 Å². The Bertz CT molecular complexity index is 442. The molecule has 1 atom stereocenters. The van der Waals surface area contributed by atoms with Crippen molar-refractivity contribution in [3.63, 3.8) is 0 Å². The van der Waals surface area contributed by atoms with Crippen LogP contribution in [0.25, 0.3) is 0 Å². The zero-order chi connectivity index (χ0) is 12.6. The van der Waals surface area contributed by atoms with Gasteiger partial charge < -0.3 is 21.1 Å². The molecule has 1 aromatic heterocycles. The van der Waals surface area contributed by atoms with Gasteiger partial charge in [0.05, 0.1) is 24.6 Å². The molecule has 0 aliphatic carbocycles. The smallest absolute Gasteiger partial charge is 0.242 e. The number of anilines is 2. The number of carbonyl (C=O) groups is 1. The summed E-state index contributed by atoms with van der Waals surface area (Å²) in [5.41, 5.74) is 12.7. The van der Waals surface area contributed by atoms with Crippen molar-refractivity contribution in [1.82, 2.24) is 9.78 Å². The number of nitrogens with zero attached hydrogens (tertiary/aromatic N) is 3. The van der Waals surface area contributed by atoms with Gasteiger partial charge >= 0.3 is 0 Å². The first kappa shape index (κ1) is 11.7. The number of morpholine rings is 1. The Morgan fingerprint density at radius 2 is 2.29 bits per heavy atom. The van der Waals surface area contributed by atoms with E-state index in [1.807, 2.05) is 11.8 Å². The number of nitrogens with two attached hydrogens (primary N) is 2. The number of nitrogen functional groups attached to an aromatic ring is 1. The highest BCUT2D eigenvalue weighted by Crippen LogP contribution is 2.28. The summed E-state index contributed by atoms with van der Waals surface area (Å²) in [6, 6.07) is -0.485. The van der Waals surface area contributed by atoms with Crippen LogP contribution in [0.2, 0.25) is 0 Å². The van der Waals surface area contributed by atoms with Crippen molar-refractivity contribution in [2.75, 3.05) is 30.4 Å². The maximum absolute atomic E-state index is 11.4. The Labute approximate surface area is 99.3 Å². The summed E-state index contributed by atoms with van der Waals surface area (Å²) in [5.74, 6) is 0.317. The lowest BCUT2D eigenvalue weighted by Crippen LogP contribution is -2.53. The number of aromatic nitrogens is 2. The van der Waals surface area contributed by atoms with Gasteiger partial charge in [-0.1, -0.05) is 0 Å². The number of hydrogen-bond donors (Lipinski definition) is 2. The average molecular weight is 239 g/mol. The molecule has 0 bridgehead atoms. The summed E-state index contributed by atoms with van der Waals surface area (Å²) < 4.78 is 6.94. The summed E-state index contributed by atoms with van der Waals surface area (Å²) in [4.78, 5) is 13.3. The van der Waals surface area contributed by atoms with Crippen LogP contribution < -0.4 is 16.4 Å². The van der Waals surface area contributed by atoms with E-state index >= 15 is 0 Å². The number of rotatable bonds is 2. The molecule has 0 aromatic carbocycles. The minimum atomic E-state index is -0.485. The summed E-state index contributed by atoms with van der Waals surface area (Å²) in [5, 5.41) is 4.24. The topological polar surface area (TPSA) is 99.4 Å². The Hall–Kier alpha value is -1.76. The molecule has 7 nitrogen and oxygen atoms in total. The van der Waals surface area contributed by atoms with Gasteiger partial charge in [-0.05, 0) is 6.92 Å². The number of aryl methyl sites for hydroxylation is 2. The molecule has 17 heavy (non-hydrogen) atoms. The van der Waals surface area contributed by atoms with E-state index in [1.165, 1.54) is 0 Å². The molecule has 1 aliphatic rings. The van der Waals surface area contributed by atoms with Crippen LogP contribution in [0.5, 0.6) is 0 Å². The average Bonchev–Trinajstić information content (AvgIpc) is 2.53. The van der Waals surface area contributed by atoms with Crippen molar-refractivity contribution in [3.05, 3.63) is 5.69 Å². The third-order valence-corrected chi connectivity index (χ3v) is 2.97. The number of amides is 1. The molecular weight excluding hydrogens is 222 g/mol. The highest BCUT2D eigenvalue weighted by molar-refractivity contribution is 5.85. The van der Waals surface area contributed by atoms with Crippen LogP contribution in [-0.4, -0.2) is 41.5 Å². The van der Waals surface area contributed by atoms with E-state index in [0.717, 1.165) is 11.5 Å². The van der Waals surface area contributed by atoms with Gasteiger partial charge in [-0.2, -0.15) is 5.10 Å². The van der Waals surface area contributed by atoms with Gasteiger partial charge in [0.1, 0.15) is 6.04 Å². The predicted octanol–water partition coefficient (Wildman–Crippen LogP) is -0.999. The van der Waals surface area contributed by atoms with E-state index in [2.05, 4.69) is 5.10 Å². The summed E-state index contributed by atoms with van der Waals surface area (Å²) >= 11 is 0. The van der Waals surface area contributed by atoms with E-state index in [4.69, 9.17) is 16.2 Å². The van der Waals surface area contributed by atoms with Crippen LogP contribution in [0.3, 0.4) is 0 Å². The molecule has 0 spiro atoms. The van der Waals surface area contributed by atoms with Gasteiger partial charge in [0.15, 0.2) is 5.82 Å². The van der Waals surface area contributed by atoms with Crippen LogP contribution in [-0.2, 0) is 16.6 Å². The third-order valence-electron chi connectivity index (χ3n) is 2.97. The standard InChI is InChI=1S/C10H17N5O2/c1-6-8(11)10(14(2)13-6)15-3-4-17-5-7(15)9(12)16/h7H,3-5,11H2,1-2H3,(H2,12,16). The second kappa shape index (κ2) is 4.25. The van der Waals surface area contributed by atoms with Crippen molar-refractivity contribution in [2.45, 2.75) is 13.0 Å². The molecule has 2 rings (SSSR count). The fourth-order valence-corrected chi connectivity index (χ4v) is 2.10. The van der Waals surface area contributed by atoms with Crippen LogP contribution in [0.15, 0.2) is 0 Å². The fourth-order valence-electron chi connectivity index (χ4n) is 2.10. The molecule has 4 N–H and O–H groups in total. The lowest BCUT2D eigenvalue weighted by Gasteiger charge is -2.35. The van der Waals surface area contributed by atoms with Gasteiger partial charge in [-0.3, -0.25) is 9.48 Å². The largest absolute Gasteiger partial charge is 0.394 e. The zero-order valence-electron chi connectivity index (χ0n) is 10.0. The number of primary amides is 1. The summed E-state index contributed by atoms with van der Waals surface area (Å²) in [6.07, 6.45) is 0. The molecular formula is C10H17N5O2. The van der Waals surface area contributed by atoms with E-state index in [-0.39, 0.29) is 0 Å². The third kappa shape index (κ3) is 1.93. The van der Waals surface area contributed by atoms with Crippen LogP contribution in [0.1, 0.15) is 5.69 Å². The minimum absolute atomic E-state index is 0.291. The highest BCUT2D eigenvalue weighted by Gasteiger charge is 2.31. The van der Waals surface area contributed by atoms with Gasteiger partial charge in [-0.15, -0.1) is 0 Å². The molecule has 1 aromatic rings. The van der Waals surface area contributed by atoms with E-state index < -0.39 is 11.9 Å². The van der Waals surface area contributed by atoms with Gasteiger partial charge in [-0.25, -0.2) is 0 Å². The molecule has 1 fully saturated rings. The summed E-state index contributed by atoms with van der Waals surface area (Å²) in [6.45, 7) is 3.25. The lowest BCUT2D eigenvalue weighted by atomic mass is 10.2. The lowest BCUT2D eigenvalue weighted by molar-refractivity contribution is -0.121. The summed E-state index contributed by atoms with van der Waals surface area (Å²) in [7, 11) is 1.80. The molecule has 1 unspecified atom stereocenters. The SMILES string of the molecule is Cc1nn(C)c(N2CCOCC2C(N)=O)c1N. The van der Waals surface area contributed by atoms with Crippen LogP contribution >= 0.6 is 0 Å². The molecule has 94 valence electrons. The first-order chi connectivity index (χ1) is 8.02. The van der Waals surface area contributed by atoms with Crippen molar-refractivity contribution in [3.8, 4) is 0 Å². The first-order valence-electron chi connectivity index (χ1n) is 5.45. The molecule has 2 heterocycles. The number of carbonyl (C=O) groups excluding carboxylic acids is 1. The predicted molar refractivity (Wildman–Crippen MR) is 63.5 cm³/mol. The van der Waals surface area contributed by atoms with Gasteiger partial charge in [0, 0.05) is 13.6 Å². The Morgan fingerprint density at radius 3 is 2.82 bits per heavy atom. The molecule has 1 aliphatic heterocycles. The van der Waals surface area contributed by atoms with Crippen LogP contribution in [0, 0.1) is 6.92 Å². The molecule has 1 amide bonds. The molecule has 1 saturated heterocycles. The van der Waals surface area contributed by atoms with E-state index in [9.17, 15) is 4.79 Å². The quantitative estimate of drug-likeness (QED) is 0.689. The Morgan fingerprint density at radius 1 is 1.59 bits per heavy atom. The second-order valence-corrected chi connectivity index (χ2v) is 4.13. The Kier molecular flexibility index (Phi) is 2.93. The zero-order valence-corrected chi connectivity index (χ0v) is 10.0. The molecule has 7 heteroatoms. The maximum Gasteiger partial charge on any atom is 0.242 e. The second-order valence-electron chi connectivity index (χ2n) is 4.13. The van der Waals surface area contributed by atoms with Crippen LogP contribution in [0.4, 0.5) is 11.5 Å². The number of ether oxygens (including phenoxy) is 1. The molecule has 0 saturated carbocycles. The maximum atomic E-state index is 11.4. The Balaban J connectivity index is 2.39. The first-order valence-corrected chi connectivity index (χ1v) is 5.45. The van der Waals surface area contributed by atoms with E-state index in [1.54, 1.807) is 11.7 Å².